The van der Waals surface area contributed by atoms with Crippen molar-refractivity contribution in [3.05, 3.63) is 88.8 Å². The standard InChI is InChI=1S/C21H18N2O3/c1-2-25-21(24)18-17(14-9-5-3-6-10-14)16(13-22)19(26-20(18)23)15-11-7-4-8-12-15/h3-12,17H,2,23H2,1H3. The van der Waals surface area contributed by atoms with E-state index in [2.05, 4.69) is 6.07 Å². The molecule has 0 saturated carbocycles. The van der Waals surface area contributed by atoms with E-state index in [0.29, 0.717) is 11.3 Å². The average Bonchev–Trinajstić information content (AvgIpc) is 2.68. The van der Waals surface area contributed by atoms with E-state index in [4.69, 9.17) is 15.2 Å². The number of carbonyl (C=O) groups is 1. The number of nitrogens with two attached hydrogens (primary N) is 1. The highest BCUT2D eigenvalue weighted by Crippen LogP contribution is 2.42. The Morgan fingerprint density at radius 2 is 1.77 bits per heavy atom. The zero-order chi connectivity index (χ0) is 18.5. The largest absolute Gasteiger partial charge is 0.462 e. The van der Waals surface area contributed by atoms with Gasteiger partial charge in [0.15, 0.2) is 5.76 Å². The van der Waals surface area contributed by atoms with Gasteiger partial charge in [-0.05, 0) is 12.5 Å². The number of esters is 1. The Labute approximate surface area is 152 Å². The van der Waals surface area contributed by atoms with Crippen molar-refractivity contribution < 1.29 is 14.3 Å². The van der Waals surface area contributed by atoms with E-state index >= 15 is 0 Å². The van der Waals surface area contributed by atoms with Crippen LogP contribution >= 0.6 is 0 Å². The lowest BCUT2D eigenvalue weighted by molar-refractivity contribution is -0.139. The van der Waals surface area contributed by atoms with E-state index in [0.717, 1.165) is 11.1 Å². The number of allylic oxidation sites excluding steroid dienone is 1. The molecule has 130 valence electrons. The zero-order valence-electron chi connectivity index (χ0n) is 14.3. The van der Waals surface area contributed by atoms with Crippen LogP contribution in [0.15, 0.2) is 77.7 Å². The molecule has 3 rings (SSSR count). The second-order valence-electron chi connectivity index (χ2n) is 5.66. The molecule has 1 aliphatic rings. The van der Waals surface area contributed by atoms with Crippen molar-refractivity contribution in [2.45, 2.75) is 12.8 Å². The highest BCUT2D eigenvalue weighted by molar-refractivity contribution is 5.94. The van der Waals surface area contributed by atoms with Crippen LogP contribution in [0.1, 0.15) is 24.0 Å². The van der Waals surface area contributed by atoms with Gasteiger partial charge in [-0.1, -0.05) is 60.7 Å². The van der Waals surface area contributed by atoms with Crippen molar-refractivity contribution in [1.29, 1.82) is 5.26 Å². The van der Waals surface area contributed by atoms with E-state index in [1.54, 1.807) is 6.92 Å². The smallest absolute Gasteiger partial charge is 0.340 e. The van der Waals surface area contributed by atoms with Crippen molar-refractivity contribution in [3.8, 4) is 6.07 Å². The summed E-state index contributed by atoms with van der Waals surface area (Å²) in [6.45, 7) is 1.92. The van der Waals surface area contributed by atoms with Crippen molar-refractivity contribution in [2.24, 2.45) is 5.73 Å². The minimum atomic E-state index is -0.649. The van der Waals surface area contributed by atoms with E-state index in [1.807, 2.05) is 60.7 Å². The molecule has 0 spiro atoms. The first kappa shape index (κ1) is 17.3. The number of nitrogens with zero attached hydrogens (tertiary/aromatic N) is 1. The summed E-state index contributed by atoms with van der Waals surface area (Å²) in [7, 11) is 0. The first-order chi connectivity index (χ1) is 12.7. The molecule has 0 amide bonds. The number of benzene rings is 2. The molecule has 0 bridgehead atoms. The van der Waals surface area contributed by atoms with Gasteiger partial charge in [-0.25, -0.2) is 4.79 Å². The third kappa shape index (κ3) is 3.17. The summed E-state index contributed by atoms with van der Waals surface area (Å²) in [5.41, 5.74) is 8.05. The highest BCUT2D eigenvalue weighted by atomic mass is 16.5. The first-order valence-electron chi connectivity index (χ1n) is 8.26. The Balaban J connectivity index is 2.21. The van der Waals surface area contributed by atoms with Crippen molar-refractivity contribution in [3.63, 3.8) is 0 Å². The van der Waals surface area contributed by atoms with E-state index < -0.39 is 11.9 Å². The molecule has 2 aromatic rings. The molecule has 26 heavy (non-hydrogen) atoms. The monoisotopic (exact) mass is 346 g/mol. The zero-order valence-corrected chi connectivity index (χ0v) is 14.3. The van der Waals surface area contributed by atoms with Crippen LogP contribution in [-0.2, 0) is 14.3 Å². The number of hydrogen-bond donors (Lipinski definition) is 1. The fourth-order valence-corrected chi connectivity index (χ4v) is 2.96. The normalized spacial score (nSPS) is 16.7. The Morgan fingerprint density at radius 1 is 1.15 bits per heavy atom. The quantitative estimate of drug-likeness (QED) is 0.857. The maximum absolute atomic E-state index is 12.5. The maximum Gasteiger partial charge on any atom is 0.340 e. The van der Waals surface area contributed by atoms with Gasteiger partial charge in [-0.2, -0.15) is 5.26 Å². The van der Waals surface area contributed by atoms with Gasteiger partial charge in [0, 0.05) is 5.56 Å². The van der Waals surface area contributed by atoms with Gasteiger partial charge in [0.2, 0.25) is 5.88 Å². The van der Waals surface area contributed by atoms with E-state index in [-0.39, 0.29) is 18.1 Å². The maximum atomic E-state index is 12.5. The number of ether oxygens (including phenoxy) is 2. The number of hydrogen-bond acceptors (Lipinski definition) is 5. The van der Waals surface area contributed by atoms with Crippen LogP contribution in [0.2, 0.25) is 0 Å². The number of nitriles is 1. The molecule has 2 aromatic carbocycles. The second kappa shape index (κ2) is 7.58. The molecule has 1 aliphatic heterocycles. The van der Waals surface area contributed by atoms with E-state index in [1.165, 1.54) is 0 Å². The molecule has 5 nitrogen and oxygen atoms in total. The van der Waals surface area contributed by atoms with Crippen molar-refractivity contribution >= 4 is 11.7 Å². The van der Waals surface area contributed by atoms with Crippen LogP contribution in [0.4, 0.5) is 0 Å². The topological polar surface area (TPSA) is 85.3 Å². The van der Waals surface area contributed by atoms with E-state index in [9.17, 15) is 10.1 Å². The van der Waals surface area contributed by atoms with Gasteiger partial charge in [-0.15, -0.1) is 0 Å². The fraction of sp³-hybridized carbons (Fsp3) is 0.143. The van der Waals surface area contributed by atoms with Gasteiger partial charge in [0.25, 0.3) is 0 Å². The molecule has 0 aromatic heterocycles. The third-order valence-corrected chi connectivity index (χ3v) is 4.08. The Bertz CT molecular complexity index is 909. The average molecular weight is 346 g/mol. The van der Waals surface area contributed by atoms with Crippen LogP contribution in [0.5, 0.6) is 0 Å². The molecule has 1 atom stereocenters. The molecular formula is C21H18N2O3. The Hall–Kier alpha value is -3.52. The Kier molecular flexibility index (Phi) is 5.04. The third-order valence-electron chi connectivity index (χ3n) is 4.08. The molecule has 0 aliphatic carbocycles. The highest BCUT2D eigenvalue weighted by Gasteiger charge is 2.37. The van der Waals surface area contributed by atoms with Crippen LogP contribution in [-0.4, -0.2) is 12.6 Å². The summed E-state index contributed by atoms with van der Waals surface area (Å²) in [6.07, 6.45) is 0. The summed E-state index contributed by atoms with van der Waals surface area (Å²) in [5, 5.41) is 9.87. The molecule has 0 saturated heterocycles. The van der Waals surface area contributed by atoms with Crippen LogP contribution in [0.25, 0.3) is 5.76 Å². The number of rotatable bonds is 4. The van der Waals surface area contributed by atoms with Crippen LogP contribution < -0.4 is 5.73 Å². The lowest BCUT2D eigenvalue weighted by atomic mass is 9.82. The first-order valence-corrected chi connectivity index (χ1v) is 8.26. The summed E-state index contributed by atoms with van der Waals surface area (Å²) >= 11 is 0. The predicted molar refractivity (Wildman–Crippen MR) is 97.1 cm³/mol. The lowest BCUT2D eigenvalue weighted by Crippen LogP contribution is -2.26. The minimum Gasteiger partial charge on any atom is -0.462 e. The van der Waals surface area contributed by atoms with Gasteiger partial charge < -0.3 is 15.2 Å². The summed E-state index contributed by atoms with van der Waals surface area (Å²) in [6, 6.07) is 20.7. The molecular weight excluding hydrogens is 328 g/mol. The summed E-state index contributed by atoms with van der Waals surface area (Å²) < 4.78 is 10.9. The molecule has 5 heteroatoms. The van der Waals surface area contributed by atoms with Crippen LogP contribution in [0, 0.1) is 11.3 Å². The fourth-order valence-electron chi connectivity index (χ4n) is 2.96. The van der Waals surface area contributed by atoms with Gasteiger partial charge >= 0.3 is 5.97 Å². The lowest BCUT2D eigenvalue weighted by Gasteiger charge is -2.28. The van der Waals surface area contributed by atoms with Crippen molar-refractivity contribution in [2.75, 3.05) is 6.61 Å². The van der Waals surface area contributed by atoms with Gasteiger partial charge in [-0.3, -0.25) is 0 Å². The molecule has 1 unspecified atom stereocenters. The number of carbonyl (C=O) groups excluding carboxylic acids is 1. The van der Waals surface area contributed by atoms with Gasteiger partial charge in [0.1, 0.15) is 5.57 Å². The van der Waals surface area contributed by atoms with Crippen LogP contribution in [0.3, 0.4) is 0 Å². The molecule has 2 N–H and O–H groups in total. The molecule has 1 heterocycles. The van der Waals surface area contributed by atoms with Gasteiger partial charge in [0.05, 0.1) is 24.2 Å². The summed E-state index contributed by atoms with van der Waals surface area (Å²) in [5.74, 6) is -0.925. The summed E-state index contributed by atoms with van der Waals surface area (Å²) in [4.78, 5) is 12.5. The second-order valence-corrected chi connectivity index (χ2v) is 5.66. The molecule has 0 radical (unpaired) electrons. The SMILES string of the molecule is CCOC(=O)C1=C(N)OC(c2ccccc2)=C(C#N)C1c1ccccc1. The molecule has 0 fully saturated rings. The minimum absolute atomic E-state index is 0.0462. The predicted octanol–water partition coefficient (Wildman–Crippen LogP) is 3.47. The Morgan fingerprint density at radius 3 is 2.35 bits per heavy atom. The van der Waals surface area contributed by atoms with Crippen molar-refractivity contribution in [1.82, 2.24) is 0 Å².